The molecule has 1 aromatic heterocycles. The smallest absolute Gasteiger partial charge is 0.262 e. The third-order valence-electron chi connectivity index (χ3n) is 3.83. The van der Waals surface area contributed by atoms with Crippen LogP contribution in [-0.2, 0) is 0 Å². The minimum Gasteiger partial charge on any atom is -0.384 e. The number of amides is 3. The number of pyridine rings is 1. The Kier molecular flexibility index (Phi) is 4.29. The van der Waals surface area contributed by atoms with Gasteiger partial charge in [0, 0.05) is 12.1 Å². The lowest BCUT2D eigenvalue weighted by molar-refractivity contribution is 0.0877. The van der Waals surface area contributed by atoms with Gasteiger partial charge in [0.05, 0.1) is 27.4 Å². The molecule has 3 rings (SSSR count). The van der Waals surface area contributed by atoms with E-state index in [1.165, 1.54) is 18.2 Å². The second kappa shape index (κ2) is 6.30. The normalized spacial score (nSPS) is 12.9. The van der Waals surface area contributed by atoms with Gasteiger partial charge in [-0.2, -0.15) is 0 Å². The Balaban J connectivity index is 2.12. The highest BCUT2D eigenvalue weighted by atomic mass is 35.5. The zero-order valence-electron chi connectivity index (χ0n) is 13.9. The number of anilines is 1. The Morgan fingerprint density at radius 2 is 1.88 bits per heavy atom. The van der Waals surface area contributed by atoms with Crippen LogP contribution in [0.3, 0.4) is 0 Å². The van der Waals surface area contributed by atoms with Crippen molar-refractivity contribution in [1.29, 1.82) is 0 Å². The molecule has 0 atom stereocenters. The monoisotopic (exact) mass is 374 g/mol. The molecule has 3 amide bonds. The maximum Gasteiger partial charge on any atom is 0.262 e. The van der Waals surface area contributed by atoms with Gasteiger partial charge in [0.2, 0.25) is 0 Å². The number of halogens is 1. The summed E-state index contributed by atoms with van der Waals surface area (Å²) in [5.41, 5.74) is 5.75. The van der Waals surface area contributed by atoms with E-state index in [-0.39, 0.29) is 45.2 Å². The van der Waals surface area contributed by atoms with Crippen LogP contribution in [0.15, 0.2) is 29.1 Å². The van der Waals surface area contributed by atoms with E-state index in [1.807, 2.05) is 13.8 Å². The largest absolute Gasteiger partial charge is 0.384 e. The first-order valence-electron chi connectivity index (χ1n) is 7.72. The van der Waals surface area contributed by atoms with Crippen LogP contribution in [0.4, 0.5) is 5.82 Å². The van der Waals surface area contributed by atoms with Gasteiger partial charge in [-0.25, -0.2) is 0 Å². The Hall–Kier alpha value is -3.13. The van der Waals surface area contributed by atoms with Crippen LogP contribution in [-0.4, -0.2) is 28.3 Å². The van der Waals surface area contributed by atoms with Gasteiger partial charge in [-0.1, -0.05) is 11.6 Å². The molecule has 1 aliphatic rings. The van der Waals surface area contributed by atoms with E-state index >= 15 is 0 Å². The highest BCUT2D eigenvalue weighted by molar-refractivity contribution is 6.34. The fourth-order valence-corrected chi connectivity index (χ4v) is 2.97. The standard InChI is InChI=1S/C17H15ClN4O4/c1-7(2)20-15(24)9-4-3-8(5-11(9)18)22-12(23)6-10-13(14(22)19)17(26)21-16(10)25/h3-7H,19H2,1-2H3,(H,20,24)(H,21,25,26). The molecule has 0 aliphatic carbocycles. The van der Waals surface area contributed by atoms with Gasteiger partial charge in [-0.05, 0) is 32.0 Å². The van der Waals surface area contributed by atoms with Crippen LogP contribution in [0.5, 0.6) is 0 Å². The lowest BCUT2D eigenvalue weighted by Crippen LogP contribution is -2.30. The molecule has 0 radical (unpaired) electrons. The van der Waals surface area contributed by atoms with E-state index in [0.717, 1.165) is 10.6 Å². The molecule has 8 nitrogen and oxygen atoms in total. The number of carbonyl (C=O) groups excluding carboxylic acids is 3. The molecule has 1 aliphatic heterocycles. The summed E-state index contributed by atoms with van der Waals surface area (Å²) < 4.78 is 1.06. The second-order valence-electron chi connectivity index (χ2n) is 6.07. The van der Waals surface area contributed by atoms with E-state index in [4.69, 9.17) is 17.3 Å². The lowest BCUT2D eigenvalue weighted by Gasteiger charge is -2.14. The minimum atomic E-state index is -0.671. The van der Waals surface area contributed by atoms with Gasteiger partial charge in [-0.15, -0.1) is 0 Å². The first-order chi connectivity index (χ1) is 12.2. The summed E-state index contributed by atoms with van der Waals surface area (Å²) in [6, 6.07) is 5.32. The van der Waals surface area contributed by atoms with Crippen molar-refractivity contribution in [3.05, 3.63) is 56.3 Å². The molecule has 9 heteroatoms. The summed E-state index contributed by atoms with van der Waals surface area (Å²) in [6.07, 6.45) is 0. The molecule has 0 spiro atoms. The van der Waals surface area contributed by atoms with Gasteiger partial charge in [0.1, 0.15) is 5.82 Å². The summed E-state index contributed by atoms with van der Waals surface area (Å²) in [4.78, 5) is 48.1. The number of benzene rings is 1. The molecule has 2 heterocycles. The van der Waals surface area contributed by atoms with Crippen molar-refractivity contribution in [2.75, 3.05) is 5.73 Å². The van der Waals surface area contributed by atoms with Gasteiger partial charge in [0.25, 0.3) is 23.3 Å². The minimum absolute atomic E-state index is 0.0622. The van der Waals surface area contributed by atoms with Crippen molar-refractivity contribution < 1.29 is 14.4 Å². The van der Waals surface area contributed by atoms with Crippen LogP contribution < -0.4 is 21.9 Å². The van der Waals surface area contributed by atoms with E-state index in [2.05, 4.69) is 10.6 Å². The summed E-state index contributed by atoms with van der Waals surface area (Å²) in [5, 5.41) is 4.93. The van der Waals surface area contributed by atoms with Crippen LogP contribution in [0, 0.1) is 0 Å². The number of hydrogen-bond acceptors (Lipinski definition) is 5. The van der Waals surface area contributed by atoms with Crippen LogP contribution >= 0.6 is 11.6 Å². The summed E-state index contributed by atoms with van der Waals surface area (Å²) in [5.74, 6) is -1.86. The van der Waals surface area contributed by atoms with Gasteiger partial charge in [-0.3, -0.25) is 29.1 Å². The van der Waals surface area contributed by atoms with Crippen molar-refractivity contribution in [1.82, 2.24) is 15.2 Å². The quantitative estimate of drug-likeness (QED) is 0.694. The fraction of sp³-hybridized carbons (Fsp3) is 0.176. The van der Waals surface area contributed by atoms with Gasteiger partial charge in [0.15, 0.2) is 0 Å². The van der Waals surface area contributed by atoms with Crippen LogP contribution in [0.1, 0.15) is 44.9 Å². The third-order valence-corrected chi connectivity index (χ3v) is 4.14. The molecule has 0 bridgehead atoms. The number of rotatable bonds is 3. The summed E-state index contributed by atoms with van der Waals surface area (Å²) >= 11 is 6.18. The molecule has 2 aromatic rings. The number of imide groups is 1. The number of nitrogens with two attached hydrogens (primary N) is 1. The second-order valence-corrected chi connectivity index (χ2v) is 6.47. The summed E-state index contributed by atoms with van der Waals surface area (Å²) in [7, 11) is 0. The lowest BCUT2D eigenvalue weighted by atomic mass is 10.1. The van der Waals surface area contributed by atoms with Crippen molar-refractivity contribution in [2.45, 2.75) is 19.9 Å². The zero-order chi connectivity index (χ0) is 19.2. The molecule has 26 heavy (non-hydrogen) atoms. The molecule has 0 fully saturated rings. The van der Waals surface area contributed by atoms with E-state index in [9.17, 15) is 19.2 Å². The molecule has 0 unspecified atom stereocenters. The number of nitrogens with one attached hydrogen (secondary N) is 2. The molecule has 1 aromatic carbocycles. The Morgan fingerprint density at radius 3 is 2.50 bits per heavy atom. The third kappa shape index (κ3) is 2.84. The predicted octanol–water partition coefficient (Wildman–Crippen LogP) is 1.09. The molecular weight excluding hydrogens is 360 g/mol. The highest BCUT2D eigenvalue weighted by Crippen LogP contribution is 2.25. The van der Waals surface area contributed by atoms with E-state index in [0.29, 0.717) is 0 Å². The molecular formula is C17H15ClN4O4. The number of aromatic nitrogens is 1. The number of fused-ring (bicyclic) bond motifs is 1. The van der Waals surface area contributed by atoms with Crippen molar-refractivity contribution >= 4 is 35.1 Å². The molecule has 0 saturated carbocycles. The van der Waals surface area contributed by atoms with Crippen LogP contribution in [0.25, 0.3) is 5.69 Å². The number of carbonyl (C=O) groups is 3. The average Bonchev–Trinajstić information content (AvgIpc) is 2.80. The maximum absolute atomic E-state index is 12.4. The van der Waals surface area contributed by atoms with Gasteiger partial charge < -0.3 is 11.1 Å². The fourth-order valence-electron chi connectivity index (χ4n) is 2.71. The SMILES string of the molecule is CC(C)NC(=O)c1ccc(-n2c(N)c3c(cc2=O)C(=O)NC3=O)cc1Cl. The molecule has 134 valence electrons. The Labute approximate surface area is 152 Å². The number of nitrogen functional groups attached to an aromatic ring is 1. The van der Waals surface area contributed by atoms with Gasteiger partial charge >= 0.3 is 0 Å². The summed E-state index contributed by atoms with van der Waals surface area (Å²) in [6.45, 7) is 3.63. The zero-order valence-corrected chi connectivity index (χ0v) is 14.7. The van der Waals surface area contributed by atoms with E-state index < -0.39 is 17.4 Å². The Bertz CT molecular complexity index is 1030. The number of nitrogens with zero attached hydrogens (tertiary/aromatic N) is 1. The molecule has 0 saturated heterocycles. The van der Waals surface area contributed by atoms with Crippen molar-refractivity contribution in [3.63, 3.8) is 0 Å². The highest BCUT2D eigenvalue weighted by Gasteiger charge is 2.31. The first kappa shape index (κ1) is 17.7. The maximum atomic E-state index is 12.4. The van der Waals surface area contributed by atoms with Crippen molar-refractivity contribution in [2.24, 2.45) is 0 Å². The predicted molar refractivity (Wildman–Crippen MR) is 95.9 cm³/mol. The van der Waals surface area contributed by atoms with Crippen molar-refractivity contribution in [3.8, 4) is 5.69 Å². The first-order valence-corrected chi connectivity index (χ1v) is 8.10. The topological polar surface area (TPSA) is 123 Å². The molecule has 4 N–H and O–H groups in total. The number of hydrogen-bond donors (Lipinski definition) is 3. The Morgan fingerprint density at radius 1 is 1.19 bits per heavy atom. The van der Waals surface area contributed by atoms with E-state index in [1.54, 1.807) is 0 Å². The van der Waals surface area contributed by atoms with Crippen LogP contribution in [0.2, 0.25) is 5.02 Å². The average molecular weight is 375 g/mol.